The number of piperazine rings is 1. The lowest BCUT2D eigenvalue weighted by Gasteiger charge is -2.37. The van der Waals surface area contributed by atoms with Crippen LogP contribution in [0.2, 0.25) is 5.02 Å². The highest BCUT2D eigenvalue weighted by atomic mass is 35.5. The minimum Gasteiger partial charge on any atom is -0.495 e. The second-order valence-corrected chi connectivity index (χ2v) is 12.2. The molecule has 10 heteroatoms. The number of halogens is 1. The maximum absolute atomic E-state index is 12.6. The Kier molecular flexibility index (Phi) is 8.55. The summed E-state index contributed by atoms with van der Waals surface area (Å²) in [6, 6.07) is 17.2. The molecule has 3 aromatic carbocycles. The fourth-order valence-corrected chi connectivity index (χ4v) is 5.80. The number of benzene rings is 3. The van der Waals surface area contributed by atoms with Crippen LogP contribution in [0.5, 0.6) is 5.75 Å². The minimum atomic E-state index is -0.557. The Bertz CT molecular complexity index is 1540. The van der Waals surface area contributed by atoms with E-state index in [9.17, 15) is 14.4 Å². The smallest absolute Gasteiger partial charge is 0.410 e. The zero-order valence-electron chi connectivity index (χ0n) is 25.2. The van der Waals surface area contributed by atoms with Gasteiger partial charge in [0.2, 0.25) is 0 Å². The largest absolute Gasteiger partial charge is 0.495 e. The second-order valence-electron chi connectivity index (χ2n) is 11.8. The fraction of sp³-hybridized carbons (Fsp3) is 0.364. The van der Waals surface area contributed by atoms with E-state index in [1.807, 2.05) is 75.4 Å². The van der Waals surface area contributed by atoms with E-state index in [-0.39, 0.29) is 12.1 Å². The number of aldehydes is 1. The van der Waals surface area contributed by atoms with Gasteiger partial charge in [0.05, 0.1) is 17.8 Å². The molecular weight excluding hydrogens is 568 g/mol. The van der Waals surface area contributed by atoms with Crippen molar-refractivity contribution in [3.63, 3.8) is 0 Å². The molecule has 2 aliphatic rings. The summed E-state index contributed by atoms with van der Waals surface area (Å²) in [6.45, 7) is 8.92. The molecule has 2 aliphatic heterocycles. The van der Waals surface area contributed by atoms with Crippen molar-refractivity contribution >= 4 is 41.4 Å². The van der Waals surface area contributed by atoms with E-state index in [4.69, 9.17) is 21.1 Å². The number of carbonyl (C=O) groups excluding carboxylic acids is 3. The lowest BCUT2D eigenvalue weighted by molar-refractivity contribution is 0.0240. The Morgan fingerprint density at radius 1 is 0.884 bits per heavy atom. The topological polar surface area (TPSA) is 82.6 Å². The molecule has 2 saturated heterocycles. The summed E-state index contributed by atoms with van der Waals surface area (Å²) in [7, 11) is 3.41. The Morgan fingerprint density at radius 3 is 2.09 bits per heavy atom. The number of anilines is 2. The molecule has 0 spiro atoms. The molecule has 3 amide bonds. The lowest BCUT2D eigenvalue weighted by Crippen LogP contribution is -2.50. The first-order valence-electron chi connectivity index (χ1n) is 14.3. The van der Waals surface area contributed by atoms with Gasteiger partial charge >= 0.3 is 12.1 Å². The van der Waals surface area contributed by atoms with Gasteiger partial charge in [0.15, 0.2) is 6.29 Å². The summed E-state index contributed by atoms with van der Waals surface area (Å²) in [5, 5.41) is 0.483. The highest BCUT2D eigenvalue weighted by Crippen LogP contribution is 2.42. The van der Waals surface area contributed by atoms with Gasteiger partial charge in [-0.1, -0.05) is 41.9 Å². The van der Waals surface area contributed by atoms with Crippen LogP contribution < -0.4 is 14.5 Å². The third kappa shape index (κ3) is 6.27. The van der Waals surface area contributed by atoms with Crippen molar-refractivity contribution < 1.29 is 23.9 Å². The highest BCUT2D eigenvalue weighted by Gasteiger charge is 2.29. The molecule has 2 heterocycles. The van der Waals surface area contributed by atoms with Crippen LogP contribution in [0.15, 0.2) is 54.6 Å². The Balaban J connectivity index is 1.43. The molecule has 2 fully saturated rings. The number of hydrogen-bond donors (Lipinski definition) is 0. The van der Waals surface area contributed by atoms with Gasteiger partial charge in [-0.3, -0.25) is 9.69 Å². The Morgan fingerprint density at radius 2 is 1.53 bits per heavy atom. The first-order chi connectivity index (χ1) is 20.5. The van der Waals surface area contributed by atoms with Gasteiger partial charge in [-0.05, 0) is 56.2 Å². The van der Waals surface area contributed by atoms with Gasteiger partial charge in [-0.25, -0.2) is 9.59 Å². The first kappa shape index (κ1) is 30.2. The maximum Gasteiger partial charge on any atom is 0.410 e. The second kappa shape index (κ2) is 12.2. The molecule has 226 valence electrons. The van der Waals surface area contributed by atoms with Crippen LogP contribution in [-0.4, -0.2) is 87.2 Å². The molecule has 43 heavy (non-hydrogen) atoms. The van der Waals surface area contributed by atoms with Gasteiger partial charge in [-0.2, -0.15) is 0 Å². The van der Waals surface area contributed by atoms with Crippen molar-refractivity contribution in [1.82, 2.24) is 9.80 Å². The summed E-state index contributed by atoms with van der Waals surface area (Å²) < 4.78 is 11.5. The molecular formula is C33H37ClN4O5. The number of methoxy groups -OCH3 is 1. The van der Waals surface area contributed by atoms with Crippen molar-refractivity contribution in [1.29, 1.82) is 0 Å². The predicted molar refractivity (Wildman–Crippen MR) is 170 cm³/mol. The monoisotopic (exact) mass is 604 g/mol. The van der Waals surface area contributed by atoms with E-state index in [1.165, 1.54) is 0 Å². The Labute approximate surface area is 257 Å². The molecule has 0 atom stereocenters. The average Bonchev–Trinajstić information content (AvgIpc) is 3.32. The molecule has 3 aromatic rings. The minimum absolute atomic E-state index is 0.0740. The SMILES string of the molecule is COc1c(-c2ccc(N3CCN(C)C3=O)c(Cl)c2)cccc1-c1ccc(C=O)c(N2CCN(C(=O)OC(C)(C)C)CC2)c1. The summed E-state index contributed by atoms with van der Waals surface area (Å²) in [5.41, 5.74) is 4.96. The van der Waals surface area contributed by atoms with E-state index in [0.717, 1.165) is 34.2 Å². The summed E-state index contributed by atoms with van der Waals surface area (Å²) in [6.07, 6.45) is 0.532. The number of ether oxygens (including phenoxy) is 2. The number of carbonyl (C=O) groups is 3. The van der Waals surface area contributed by atoms with Crippen LogP contribution >= 0.6 is 11.6 Å². The van der Waals surface area contributed by atoms with Crippen LogP contribution in [-0.2, 0) is 4.74 Å². The number of amides is 3. The van der Waals surface area contributed by atoms with Crippen LogP contribution in [0.1, 0.15) is 31.1 Å². The van der Waals surface area contributed by atoms with Crippen LogP contribution in [0.3, 0.4) is 0 Å². The predicted octanol–water partition coefficient (Wildman–Crippen LogP) is 6.42. The van der Waals surface area contributed by atoms with E-state index in [0.29, 0.717) is 61.3 Å². The number of para-hydroxylation sites is 1. The van der Waals surface area contributed by atoms with Gasteiger partial charge < -0.3 is 24.2 Å². The summed E-state index contributed by atoms with van der Waals surface area (Å²) >= 11 is 6.70. The van der Waals surface area contributed by atoms with Crippen molar-refractivity contribution in [2.75, 3.05) is 63.2 Å². The fourth-order valence-electron chi connectivity index (χ4n) is 5.52. The zero-order chi connectivity index (χ0) is 30.9. The Hall–Kier alpha value is -4.24. The zero-order valence-corrected chi connectivity index (χ0v) is 26.0. The van der Waals surface area contributed by atoms with Crippen molar-refractivity contribution in [2.45, 2.75) is 26.4 Å². The van der Waals surface area contributed by atoms with Crippen molar-refractivity contribution in [3.05, 3.63) is 65.2 Å². The number of nitrogens with zero attached hydrogens (tertiary/aromatic N) is 4. The number of urea groups is 1. The molecule has 0 N–H and O–H groups in total. The molecule has 0 saturated carbocycles. The van der Waals surface area contributed by atoms with E-state index < -0.39 is 5.60 Å². The van der Waals surface area contributed by atoms with Crippen molar-refractivity contribution in [3.8, 4) is 28.0 Å². The van der Waals surface area contributed by atoms with Gasteiger partial charge in [0.25, 0.3) is 0 Å². The van der Waals surface area contributed by atoms with Crippen LogP contribution in [0.4, 0.5) is 21.0 Å². The van der Waals surface area contributed by atoms with Gasteiger partial charge in [0, 0.05) is 68.7 Å². The van der Waals surface area contributed by atoms with E-state index >= 15 is 0 Å². The van der Waals surface area contributed by atoms with Gasteiger partial charge in [-0.15, -0.1) is 0 Å². The van der Waals surface area contributed by atoms with Crippen LogP contribution in [0.25, 0.3) is 22.3 Å². The number of hydrogen-bond acceptors (Lipinski definition) is 6. The summed E-state index contributed by atoms with van der Waals surface area (Å²) in [5.74, 6) is 0.669. The maximum atomic E-state index is 12.6. The molecule has 0 unspecified atom stereocenters. The molecule has 0 radical (unpaired) electrons. The van der Waals surface area contributed by atoms with Crippen molar-refractivity contribution in [2.24, 2.45) is 0 Å². The summed E-state index contributed by atoms with van der Waals surface area (Å²) in [4.78, 5) is 44.3. The first-order valence-corrected chi connectivity index (χ1v) is 14.7. The third-order valence-electron chi connectivity index (χ3n) is 7.73. The number of likely N-dealkylation sites (N-methyl/N-ethyl adjacent to an activating group) is 1. The molecule has 9 nitrogen and oxygen atoms in total. The average molecular weight is 605 g/mol. The quantitative estimate of drug-likeness (QED) is 0.302. The normalized spacial score (nSPS) is 15.6. The molecule has 0 aliphatic carbocycles. The molecule has 5 rings (SSSR count). The lowest BCUT2D eigenvalue weighted by atomic mass is 9.95. The standard InChI is InChI=1S/C33H37ClN4O5/c1-33(2,3)43-32(41)37-16-14-36(15-17-37)29-20-23(9-10-24(29)21-39)26-8-6-7-25(30(26)42-5)22-11-12-28(27(34)19-22)38-18-13-35(4)31(38)40/h6-12,19-21H,13-18H2,1-5H3. The molecule has 0 aromatic heterocycles. The third-order valence-corrected chi connectivity index (χ3v) is 8.03. The van der Waals surface area contributed by atoms with E-state index in [2.05, 4.69) is 4.90 Å². The van der Waals surface area contributed by atoms with Crippen LogP contribution in [0, 0.1) is 0 Å². The van der Waals surface area contributed by atoms with E-state index in [1.54, 1.807) is 28.9 Å². The number of rotatable bonds is 6. The van der Waals surface area contributed by atoms with Gasteiger partial charge in [0.1, 0.15) is 11.4 Å². The molecule has 0 bridgehead atoms. The highest BCUT2D eigenvalue weighted by molar-refractivity contribution is 6.34.